The lowest BCUT2D eigenvalue weighted by molar-refractivity contribution is 0.450. The zero-order valence-corrected chi connectivity index (χ0v) is 10.1. The van der Waals surface area contributed by atoms with Gasteiger partial charge in [0.2, 0.25) is 0 Å². The first-order chi connectivity index (χ1) is 5.77. The van der Waals surface area contributed by atoms with Gasteiger partial charge in [0.05, 0.1) is 0 Å². The van der Waals surface area contributed by atoms with E-state index < -0.39 is 0 Å². The fraction of sp³-hybridized carbons (Fsp3) is 1.00. The first-order valence-corrected chi connectivity index (χ1v) is 8.07. The topological polar surface area (TPSA) is 0 Å². The van der Waals surface area contributed by atoms with Crippen molar-refractivity contribution in [3.05, 3.63) is 0 Å². The van der Waals surface area contributed by atoms with Crippen molar-refractivity contribution in [2.45, 2.75) is 64.1 Å². The molecule has 0 saturated carbocycles. The minimum Gasteiger partial charge on any atom is -0.0654 e. The molecule has 72 valence electrons. The van der Waals surface area contributed by atoms with E-state index in [1.165, 1.54) is 24.8 Å². The summed E-state index contributed by atoms with van der Waals surface area (Å²) in [5.41, 5.74) is 1.20. The van der Waals surface area contributed by atoms with Gasteiger partial charge in [-0.25, -0.2) is 0 Å². The lowest BCUT2D eigenvalue weighted by atomic mass is 9.98. The summed E-state index contributed by atoms with van der Waals surface area (Å²) in [5, 5.41) is 0. The summed E-state index contributed by atoms with van der Waals surface area (Å²) in [6, 6.07) is 3.31. The molecule has 3 unspecified atom stereocenters. The van der Waals surface area contributed by atoms with Crippen LogP contribution in [0.3, 0.4) is 0 Å². The molecule has 0 aromatic carbocycles. The number of hydrogen-bond donors (Lipinski definition) is 0. The normalized spacial score (nSPS) is 30.2. The SMILES string of the molecule is CCCC(CC)CC[SiH]1CC1C. The van der Waals surface area contributed by atoms with Gasteiger partial charge >= 0.3 is 0 Å². The van der Waals surface area contributed by atoms with Crippen LogP contribution >= 0.6 is 0 Å². The highest BCUT2D eigenvalue weighted by atomic mass is 28.3. The van der Waals surface area contributed by atoms with Gasteiger partial charge in [0.15, 0.2) is 0 Å². The van der Waals surface area contributed by atoms with Crippen LogP contribution in [0.1, 0.15) is 46.5 Å². The van der Waals surface area contributed by atoms with E-state index in [1.54, 1.807) is 18.5 Å². The van der Waals surface area contributed by atoms with E-state index >= 15 is 0 Å². The maximum absolute atomic E-state index is 2.46. The van der Waals surface area contributed by atoms with Gasteiger partial charge in [-0.1, -0.05) is 64.1 Å². The fourth-order valence-electron chi connectivity index (χ4n) is 2.21. The standard InChI is InChI=1S/C11H24Si/c1-4-6-11(5-2)7-8-12-9-10(12)3/h10-12H,4-9H2,1-3H3. The van der Waals surface area contributed by atoms with Crippen molar-refractivity contribution in [3.8, 4) is 0 Å². The molecule has 1 heterocycles. The van der Waals surface area contributed by atoms with Gasteiger partial charge in [-0.05, 0) is 5.92 Å². The number of hydrogen-bond acceptors (Lipinski definition) is 0. The Kier molecular flexibility index (Phi) is 4.34. The minimum absolute atomic E-state index is 0.110. The highest BCUT2D eigenvalue weighted by Crippen LogP contribution is 2.40. The molecule has 0 nitrogen and oxygen atoms in total. The van der Waals surface area contributed by atoms with Crippen LogP contribution in [0.5, 0.6) is 0 Å². The predicted molar refractivity (Wildman–Crippen MR) is 59.5 cm³/mol. The molecule has 0 aromatic heterocycles. The molecule has 3 atom stereocenters. The Balaban J connectivity index is 2.02. The molecule has 0 spiro atoms. The van der Waals surface area contributed by atoms with Gasteiger partial charge in [-0.2, -0.15) is 0 Å². The molecule has 1 saturated heterocycles. The summed E-state index contributed by atoms with van der Waals surface area (Å²) in [7, 11) is -0.110. The van der Waals surface area contributed by atoms with Crippen molar-refractivity contribution in [2.75, 3.05) is 0 Å². The largest absolute Gasteiger partial charge is 0.0654 e. The van der Waals surface area contributed by atoms with Crippen molar-refractivity contribution < 1.29 is 0 Å². The van der Waals surface area contributed by atoms with Gasteiger partial charge in [-0.3, -0.25) is 0 Å². The van der Waals surface area contributed by atoms with Gasteiger partial charge in [0, 0.05) is 8.80 Å². The third-order valence-electron chi connectivity index (χ3n) is 3.50. The quantitative estimate of drug-likeness (QED) is 0.550. The fourth-order valence-corrected chi connectivity index (χ4v) is 5.29. The van der Waals surface area contributed by atoms with Crippen LogP contribution in [-0.4, -0.2) is 8.80 Å². The van der Waals surface area contributed by atoms with E-state index in [-0.39, 0.29) is 8.80 Å². The van der Waals surface area contributed by atoms with E-state index in [0.717, 1.165) is 5.92 Å². The molecule has 1 aliphatic heterocycles. The van der Waals surface area contributed by atoms with E-state index in [1.807, 2.05) is 0 Å². The summed E-state index contributed by atoms with van der Waals surface area (Å²) in [5.74, 6) is 1.07. The second-order valence-electron chi connectivity index (χ2n) is 4.61. The Labute approximate surface area is 79.4 Å². The molecule has 0 radical (unpaired) electrons. The zero-order valence-electron chi connectivity index (χ0n) is 8.97. The van der Waals surface area contributed by atoms with Crippen LogP contribution in [0.15, 0.2) is 0 Å². The second-order valence-corrected chi connectivity index (χ2v) is 8.32. The Morgan fingerprint density at radius 2 is 2.00 bits per heavy atom. The van der Waals surface area contributed by atoms with E-state index in [4.69, 9.17) is 0 Å². The molecule has 1 heteroatoms. The van der Waals surface area contributed by atoms with E-state index in [2.05, 4.69) is 20.8 Å². The Morgan fingerprint density at radius 3 is 2.42 bits per heavy atom. The van der Waals surface area contributed by atoms with Gasteiger partial charge in [-0.15, -0.1) is 0 Å². The smallest absolute Gasteiger partial charge is 0.0393 e. The molecule has 0 aliphatic carbocycles. The highest BCUT2D eigenvalue weighted by molar-refractivity contribution is 6.71. The lowest BCUT2D eigenvalue weighted by Gasteiger charge is -2.12. The first kappa shape index (κ1) is 10.3. The molecule has 0 N–H and O–H groups in total. The van der Waals surface area contributed by atoms with Crippen molar-refractivity contribution in [2.24, 2.45) is 5.92 Å². The van der Waals surface area contributed by atoms with Crippen molar-refractivity contribution in [1.82, 2.24) is 0 Å². The van der Waals surface area contributed by atoms with Gasteiger partial charge in [0.1, 0.15) is 0 Å². The average molecular weight is 184 g/mol. The molecular weight excluding hydrogens is 160 g/mol. The molecule has 1 aliphatic rings. The first-order valence-electron chi connectivity index (χ1n) is 5.77. The third-order valence-corrected chi connectivity index (χ3v) is 7.12. The van der Waals surface area contributed by atoms with Crippen LogP contribution in [0.4, 0.5) is 0 Å². The molecule has 0 bridgehead atoms. The minimum atomic E-state index is -0.110. The Hall–Kier alpha value is 0.217. The molecule has 0 aromatic rings. The summed E-state index contributed by atoms with van der Waals surface area (Å²) in [6.07, 6.45) is 5.85. The summed E-state index contributed by atoms with van der Waals surface area (Å²) in [4.78, 5) is 0. The summed E-state index contributed by atoms with van der Waals surface area (Å²) >= 11 is 0. The van der Waals surface area contributed by atoms with Crippen LogP contribution in [0.25, 0.3) is 0 Å². The maximum atomic E-state index is 2.46. The predicted octanol–water partition coefficient (Wildman–Crippen LogP) is 3.83. The maximum Gasteiger partial charge on any atom is 0.0393 e. The van der Waals surface area contributed by atoms with Crippen molar-refractivity contribution in [3.63, 3.8) is 0 Å². The average Bonchev–Trinajstić information content (AvgIpc) is 2.76. The highest BCUT2D eigenvalue weighted by Gasteiger charge is 2.33. The van der Waals surface area contributed by atoms with Crippen LogP contribution < -0.4 is 0 Å². The monoisotopic (exact) mass is 184 g/mol. The lowest BCUT2D eigenvalue weighted by Crippen LogP contribution is -2.01. The number of rotatable bonds is 6. The Morgan fingerprint density at radius 1 is 1.33 bits per heavy atom. The molecule has 1 rings (SSSR count). The van der Waals surface area contributed by atoms with Crippen molar-refractivity contribution >= 4 is 8.80 Å². The zero-order chi connectivity index (χ0) is 8.97. The van der Waals surface area contributed by atoms with Crippen LogP contribution in [-0.2, 0) is 0 Å². The van der Waals surface area contributed by atoms with E-state index in [0.29, 0.717) is 0 Å². The molecular formula is C11H24Si. The third kappa shape index (κ3) is 3.30. The van der Waals surface area contributed by atoms with E-state index in [9.17, 15) is 0 Å². The van der Waals surface area contributed by atoms with Crippen molar-refractivity contribution in [1.29, 1.82) is 0 Å². The molecule has 0 amide bonds. The molecule has 1 fully saturated rings. The second kappa shape index (κ2) is 5.06. The summed E-state index contributed by atoms with van der Waals surface area (Å²) < 4.78 is 0. The summed E-state index contributed by atoms with van der Waals surface area (Å²) in [6.45, 7) is 7.13. The van der Waals surface area contributed by atoms with Crippen LogP contribution in [0.2, 0.25) is 17.6 Å². The van der Waals surface area contributed by atoms with Crippen LogP contribution in [0, 0.1) is 5.92 Å². The molecule has 12 heavy (non-hydrogen) atoms. The Bertz CT molecular complexity index is 122. The van der Waals surface area contributed by atoms with Gasteiger partial charge < -0.3 is 0 Å². The van der Waals surface area contributed by atoms with Gasteiger partial charge in [0.25, 0.3) is 0 Å².